The van der Waals surface area contributed by atoms with Gasteiger partial charge in [-0.05, 0) is 34.1 Å². The van der Waals surface area contributed by atoms with Crippen LogP contribution in [-0.4, -0.2) is 9.55 Å². The fraction of sp³-hybridized carbons (Fsp3) is 0.100. The van der Waals surface area contributed by atoms with Gasteiger partial charge < -0.3 is 4.57 Å². The summed E-state index contributed by atoms with van der Waals surface area (Å²) in [5.41, 5.74) is 2.03. The second-order valence-corrected chi connectivity index (χ2v) is 4.83. The Balaban J connectivity index is 2.40. The molecule has 0 N–H and O–H groups in total. The maximum atomic E-state index is 5.92. The van der Waals surface area contributed by atoms with Crippen LogP contribution in [0.15, 0.2) is 35.2 Å². The average Bonchev–Trinajstić information content (AvgIpc) is 2.70. The maximum absolute atomic E-state index is 5.92. The van der Waals surface area contributed by atoms with Gasteiger partial charge in [-0.1, -0.05) is 27.5 Å². The van der Waals surface area contributed by atoms with Gasteiger partial charge in [0, 0.05) is 21.7 Å². The molecule has 0 saturated carbocycles. The van der Waals surface area contributed by atoms with E-state index in [-0.39, 0.29) is 0 Å². The van der Waals surface area contributed by atoms with Crippen molar-refractivity contribution < 1.29 is 0 Å². The lowest BCUT2D eigenvalue weighted by atomic mass is 10.3. The number of aromatic nitrogens is 2. The zero-order chi connectivity index (χ0) is 10.8. The fourth-order valence-corrected chi connectivity index (χ4v) is 1.99. The highest BCUT2D eigenvalue weighted by atomic mass is 79.9. The first-order chi connectivity index (χ1) is 7.20. The standard InChI is InChI=1S/C10H7Br2ClN2/c11-4-7-5-15(6-14-7)8-1-2-10(13)9(12)3-8/h1-3,5-6H,4H2. The van der Waals surface area contributed by atoms with E-state index in [0.29, 0.717) is 5.02 Å². The number of rotatable bonds is 2. The predicted octanol–water partition coefficient (Wildman–Crippen LogP) is 4.18. The van der Waals surface area contributed by atoms with Crippen LogP contribution in [0.1, 0.15) is 5.69 Å². The van der Waals surface area contributed by atoms with Crippen LogP contribution in [0.2, 0.25) is 5.02 Å². The van der Waals surface area contributed by atoms with Gasteiger partial charge in [-0.25, -0.2) is 4.98 Å². The molecule has 2 aromatic rings. The summed E-state index contributed by atoms with van der Waals surface area (Å²) in [7, 11) is 0. The summed E-state index contributed by atoms with van der Waals surface area (Å²) in [6, 6.07) is 5.77. The first-order valence-corrected chi connectivity index (χ1v) is 6.54. The molecule has 0 aliphatic rings. The minimum Gasteiger partial charge on any atom is -0.306 e. The third-order valence-electron chi connectivity index (χ3n) is 1.97. The Morgan fingerprint density at radius 1 is 1.40 bits per heavy atom. The lowest BCUT2D eigenvalue weighted by Gasteiger charge is -2.03. The SMILES string of the molecule is Clc1ccc(-n2cnc(CBr)c2)cc1Br. The second-order valence-electron chi connectivity index (χ2n) is 3.00. The van der Waals surface area contributed by atoms with Crippen molar-refractivity contribution in [2.75, 3.05) is 0 Å². The topological polar surface area (TPSA) is 17.8 Å². The first kappa shape index (κ1) is 11.2. The Hall–Kier alpha value is -0.320. The Kier molecular flexibility index (Phi) is 3.49. The van der Waals surface area contributed by atoms with Crippen molar-refractivity contribution in [1.29, 1.82) is 0 Å². The second kappa shape index (κ2) is 4.68. The van der Waals surface area contributed by atoms with Gasteiger partial charge in [0.15, 0.2) is 0 Å². The van der Waals surface area contributed by atoms with Crippen molar-refractivity contribution in [3.05, 3.63) is 45.9 Å². The molecule has 0 bridgehead atoms. The van der Waals surface area contributed by atoms with Crippen LogP contribution in [0.5, 0.6) is 0 Å². The van der Waals surface area contributed by atoms with Gasteiger partial charge in [0.25, 0.3) is 0 Å². The average molecular weight is 350 g/mol. The normalized spacial score (nSPS) is 10.6. The molecule has 2 rings (SSSR count). The highest BCUT2D eigenvalue weighted by molar-refractivity contribution is 9.10. The quantitative estimate of drug-likeness (QED) is 0.743. The zero-order valence-electron chi connectivity index (χ0n) is 7.62. The van der Waals surface area contributed by atoms with Gasteiger partial charge in [-0.3, -0.25) is 0 Å². The molecule has 0 radical (unpaired) electrons. The molecule has 0 amide bonds. The summed E-state index contributed by atoms with van der Waals surface area (Å²) < 4.78 is 2.84. The smallest absolute Gasteiger partial charge is 0.0995 e. The molecule has 78 valence electrons. The molecular weight excluding hydrogens is 343 g/mol. The van der Waals surface area contributed by atoms with Gasteiger partial charge >= 0.3 is 0 Å². The molecule has 1 aromatic carbocycles. The summed E-state index contributed by atoms with van der Waals surface area (Å²) in [4.78, 5) is 4.23. The number of alkyl halides is 1. The number of benzene rings is 1. The van der Waals surface area contributed by atoms with Crippen molar-refractivity contribution >= 4 is 43.5 Å². The number of hydrogen-bond donors (Lipinski definition) is 0. The third-order valence-corrected chi connectivity index (χ3v) is 3.76. The van der Waals surface area contributed by atoms with Crippen molar-refractivity contribution in [2.24, 2.45) is 0 Å². The lowest BCUT2D eigenvalue weighted by Crippen LogP contribution is -1.89. The first-order valence-electron chi connectivity index (χ1n) is 4.25. The van der Waals surface area contributed by atoms with E-state index < -0.39 is 0 Å². The van der Waals surface area contributed by atoms with Crippen LogP contribution >= 0.6 is 43.5 Å². The molecule has 0 fully saturated rings. The summed E-state index contributed by atoms with van der Waals surface area (Å²) in [6.45, 7) is 0. The van der Waals surface area contributed by atoms with Crippen LogP contribution in [0, 0.1) is 0 Å². The maximum Gasteiger partial charge on any atom is 0.0995 e. The van der Waals surface area contributed by atoms with Crippen LogP contribution in [0.4, 0.5) is 0 Å². The van der Waals surface area contributed by atoms with Crippen LogP contribution in [-0.2, 0) is 5.33 Å². The van der Waals surface area contributed by atoms with E-state index >= 15 is 0 Å². The molecule has 0 aliphatic carbocycles. The minimum atomic E-state index is 0.708. The molecular formula is C10H7Br2ClN2. The molecule has 0 aliphatic heterocycles. The van der Waals surface area contributed by atoms with E-state index in [4.69, 9.17) is 11.6 Å². The number of halogens is 3. The molecule has 0 saturated heterocycles. The Bertz CT molecular complexity index is 482. The van der Waals surface area contributed by atoms with Crippen molar-refractivity contribution in [2.45, 2.75) is 5.33 Å². The molecule has 1 heterocycles. The summed E-state index contributed by atoms with van der Waals surface area (Å²) in [5.74, 6) is 0. The predicted molar refractivity (Wildman–Crippen MR) is 68.9 cm³/mol. The van der Waals surface area contributed by atoms with Crippen molar-refractivity contribution in [3.8, 4) is 5.69 Å². The molecule has 0 spiro atoms. The van der Waals surface area contributed by atoms with Crippen LogP contribution in [0.25, 0.3) is 5.69 Å². The number of hydrogen-bond acceptors (Lipinski definition) is 1. The molecule has 1 aromatic heterocycles. The Morgan fingerprint density at radius 3 is 2.80 bits per heavy atom. The largest absolute Gasteiger partial charge is 0.306 e. The van der Waals surface area contributed by atoms with E-state index in [1.807, 2.05) is 29.0 Å². The van der Waals surface area contributed by atoms with Gasteiger partial charge in [0.2, 0.25) is 0 Å². The fourth-order valence-electron chi connectivity index (χ4n) is 1.22. The molecule has 0 atom stereocenters. The van der Waals surface area contributed by atoms with Crippen LogP contribution in [0.3, 0.4) is 0 Å². The zero-order valence-corrected chi connectivity index (χ0v) is 11.6. The van der Waals surface area contributed by atoms with Gasteiger partial charge in [0.1, 0.15) is 0 Å². The van der Waals surface area contributed by atoms with E-state index in [1.54, 1.807) is 6.33 Å². The van der Waals surface area contributed by atoms with E-state index in [9.17, 15) is 0 Å². The molecule has 0 unspecified atom stereocenters. The van der Waals surface area contributed by atoms with Crippen molar-refractivity contribution in [1.82, 2.24) is 9.55 Å². The van der Waals surface area contributed by atoms with E-state index in [0.717, 1.165) is 21.2 Å². The van der Waals surface area contributed by atoms with Gasteiger partial charge in [-0.15, -0.1) is 0 Å². The van der Waals surface area contributed by atoms with E-state index in [2.05, 4.69) is 36.8 Å². The highest BCUT2D eigenvalue weighted by Crippen LogP contribution is 2.25. The highest BCUT2D eigenvalue weighted by Gasteiger charge is 2.02. The Morgan fingerprint density at radius 2 is 2.20 bits per heavy atom. The number of imidazole rings is 1. The summed E-state index contributed by atoms with van der Waals surface area (Å²) in [6.07, 6.45) is 3.76. The van der Waals surface area contributed by atoms with Gasteiger partial charge in [0.05, 0.1) is 17.0 Å². The van der Waals surface area contributed by atoms with Crippen LogP contribution < -0.4 is 0 Å². The lowest BCUT2D eigenvalue weighted by molar-refractivity contribution is 1.06. The molecule has 2 nitrogen and oxygen atoms in total. The third kappa shape index (κ3) is 2.44. The minimum absolute atomic E-state index is 0.708. The Labute approximate surface area is 110 Å². The molecule has 5 heteroatoms. The van der Waals surface area contributed by atoms with Crippen molar-refractivity contribution in [3.63, 3.8) is 0 Å². The van der Waals surface area contributed by atoms with E-state index in [1.165, 1.54) is 0 Å². The monoisotopic (exact) mass is 348 g/mol. The van der Waals surface area contributed by atoms with Gasteiger partial charge in [-0.2, -0.15) is 0 Å². The number of nitrogens with zero attached hydrogens (tertiary/aromatic N) is 2. The molecule has 15 heavy (non-hydrogen) atoms. The summed E-state index contributed by atoms with van der Waals surface area (Å²) >= 11 is 12.7. The summed E-state index contributed by atoms with van der Waals surface area (Å²) in [5, 5.41) is 1.47.